The van der Waals surface area contributed by atoms with E-state index < -0.39 is 0 Å². The Kier molecular flexibility index (Phi) is 8.61. The van der Waals surface area contributed by atoms with Crippen molar-refractivity contribution in [1.29, 1.82) is 0 Å². The van der Waals surface area contributed by atoms with Crippen LogP contribution < -0.4 is 16.0 Å². The Morgan fingerprint density at radius 3 is 2.04 bits per heavy atom. The second kappa shape index (κ2) is 10.2. The molecule has 0 saturated carbocycles. The van der Waals surface area contributed by atoms with Crippen LogP contribution in [-0.4, -0.2) is 45.3 Å². The Hall–Kier alpha value is -1.63. The molecule has 0 fully saturated rings. The topological polar surface area (TPSA) is 95.0 Å². The van der Waals surface area contributed by atoms with Gasteiger partial charge in [0, 0.05) is 12.6 Å². The van der Waals surface area contributed by atoms with Crippen LogP contribution in [0.3, 0.4) is 0 Å². The Morgan fingerprint density at radius 2 is 1.52 bits per heavy atom. The predicted molar refractivity (Wildman–Crippen MR) is 95.9 cm³/mol. The summed E-state index contributed by atoms with van der Waals surface area (Å²) in [5, 5.41) is 19.0. The molecule has 1 rings (SSSR count). The van der Waals surface area contributed by atoms with Gasteiger partial charge in [0.05, 0.1) is 12.6 Å². The fraction of sp³-hybridized carbons (Fsp3) is 0.812. The van der Waals surface area contributed by atoms with E-state index in [9.17, 15) is 5.11 Å². The summed E-state index contributed by atoms with van der Waals surface area (Å²) in [6.07, 6.45) is 2.84. The van der Waals surface area contributed by atoms with Crippen LogP contribution in [0.1, 0.15) is 53.9 Å². The average molecular weight is 324 g/mol. The maximum absolute atomic E-state index is 9.35. The minimum absolute atomic E-state index is 0.0480. The van der Waals surface area contributed by atoms with Crippen LogP contribution in [0.2, 0.25) is 0 Å². The first kappa shape index (κ1) is 19.4. The standard InChI is InChI=1S/C16H32N6O/c1-6-12(5)18-15-20-14(17-9-8-11(3)4)21-16(22-15)19-13(7-2)10-23/h11-13,23H,6-10H2,1-5H3,(H3,17,18,19,20,21,22)/t12?,13-/m1/s1. The maximum atomic E-state index is 9.35. The van der Waals surface area contributed by atoms with Gasteiger partial charge in [-0.2, -0.15) is 15.0 Å². The fourth-order valence-electron chi connectivity index (χ4n) is 1.84. The molecule has 0 radical (unpaired) electrons. The van der Waals surface area contributed by atoms with Gasteiger partial charge in [0.15, 0.2) is 0 Å². The maximum Gasteiger partial charge on any atom is 0.229 e. The largest absolute Gasteiger partial charge is 0.394 e. The third-order valence-electron chi connectivity index (χ3n) is 3.67. The Balaban J connectivity index is 2.87. The summed E-state index contributed by atoms with van der Waals surface area (Å²) < 4.78 is 0. The van der Waals surface area contributed by atoms with E-state index in [1.54, 1.807) is 0 Å². The molecule has 0 spiro atoms. The van der Waals surface area contributed by atoms with Gasteiger partial charge in [0.25, 0.3) is 0 Å². The van der Waals surface area contributed by atoms with Gasteiger partial charge in [0.2, 0.25) is 17.8 Å². The van der Waals surface area contributed by atoms with Crippen molar-refractivity contribution in [2.45, 2.75) is 66.0 Å². The number of nitrogens with one attached hydrogen (secondary N) is 3. The molecular formula is C16H32N6O. The smallest absolute Gasteiger partial charge is 0.229 e. The summed E-state index contributed by atoms with van der Waals surface area (Å²) in [5.74, 6) is 2.22. The van der Waals surface area contributed by atoms with Crippen LogP contribution in [-0.2, 0) is 0 Å². The van der Waals surface area contributed by atoms with Gasteiger partial charge >= 0.3 is 0 Å². The number of aliphatic hydroxyl groups excluding tert-OH is 1. The lowest BCUT2D eigenvalue weighted by Gasteiger charge is -2.17. The van der Waals surface area contributed by atoms with Crippen molar-refractivity contribution in [1.82, 2.24) is 15.0 Å². The number of hydrogen-bond donors (Lipinski definition) is 4. The molecule has 1 aromatic rings. The summed E-state index contributed by atoms with van der Waals surface area (Å²) in [6, 6.07) is 0.228. The van der Waals surface area contributed by atoms with Crippen molar-refractivity contribution in [3.05, 3.63) is 0 Å². The molecule has 7 heteroatoms. The summed E-state index contributed by atoms with van der Waals surface area (Å²) in [4.78, 5) is 13.2. The molecule has 0 aromatic carbocycles. The first-order chi connectivity index (χ1) is 11.0. The third kappa shape index (κ3) is 7.45. The number of anilines is 3. The van der Waals surface area contributed by atoms with Crippen molar-refractivity contribution in [3.63, 3.8) is 0 Å². The molecular weight excluding hydrogens is 292 g/mol. The minimum Gasteiger partial charge on any atom is -0.394 e. The van der Waals surface area contributed by atoms with Gasteiger partial charge in [-0.15, -0.1) is 0 Å². The Labute approximate surface area is 139 Å². The lowest BCUT2D eigenvalue weighted by atomic mass is 10.1. The number of rotatable bonds is 11. The zero-order chi connectivity index (χ0) is 17.2. The molecule has 2 atom stereocenters. The second-order valence-corrected chi connectivity index (χ2v) is 6.30. The highest BCUT2D eigenvalue weighted by Crippen LogP contribution is 2.13. The molecule has 1 aromatic heterocycles. The normalized spacial score (nSPS) is 13.7. The van der Waals surface area contributed by atoms with E-state index in [0.717, 1.165) is 25.8 Å². The van der Waals surface area contributed by atoms with Gasteiger partial charge in [-0.1, -0.05) is 27.7 Å². The second-order valence-electron chi connectivity index (χ2n) is 6.30. The van der Waals surface area contributed by atoms with E-state index in [1.807, 2.05) is 6.92 Å². The van der Waals surface area contributed by atoms with Crippen LogP contribution in [0.25, 0.3) is 0 Å². The number of aliphatic hydroxyl groups is 1. The minimum atomic E-state index is -0.0580. The summed E-state index contributed by atoms with van der Waals surface area (Å²) in [7, 11) is 0. The molecule has 0 aliphatic heterocycles. The molecule has 0 aliphatic rings. The van der Waals surface area contributed by atoms with Crippen molar-refractivity contribution in [2.24, 2.45) is 5.92 Å². The molecule has 1 unspecified atom stereocenters. The zero-order valence-electron chi connectivity index (χ0n) is 15.1. The lowest BCUT2D eigenvalue weighted by Crippen LogP contribution is -2.25. The van der Waals surface area contributed by atoms with Gasteiger partial charge in [0.1, 0.15) is 0 Å². The highest BCUT2D eigenvalue weighted by Gasteiger charge is 2.11. The van der Waals surface area contributed by atoms with Crippen molar-refractivity contribution >= 4 is 17.8 Å². The molecule has 132 valence electrons. The molecule has 0 aliphatic carbocycles. The molecule has 4 N–H and O–H groups in total. The Morgan fingerprint density at radius 1 is 0.913 bits per heavy atom. The summed E-state index contributed by atoms with van der Waals surface area (Å²) in [5.41, 5.74) is 0. The first-order valence-electron chi connectivity index (χ1n) is 8.62. The van der Waals surface area contributed by atoms with Crippen LogP contribution in [0.15, 0.2) is 0 Å². The molecule has 23 heavy (non-hydrogen) atoms. The van der Waals surface area contributed by atoms with E-state index >= 15 is 0 Å². The zero-order valence-corrected chi connectivity index (χ0v) is 15.1. The van der Waals surface area contributed by atoms with Gasteiger partial charge < -0.3 is 21.1 Å². The average Bonchev–Trinajstić information content (AvgIpc) is 2.52. The number of nitrogens with zero attached hydrogens (tertiary/aromatic N) is 3. The SMILES string of the molecule is CCC(C)Nc1nc(NCCC(C)C)nc(N[C@H](CC)CO)n1. The Bertz CT molecular complexity index is 450. The van der Waals surface area contributed by atoms with Gasteiger partial charge in [-0.05, 0) is 32.1 Å². The van der Waals surface area contributed by atoms with Crippen LogP contribution in [0, 0.1) is 5.92 Å². The summed E-state index contributed by atoms with van der Waals surface area (Å²) in [6.45, 7) is 11.4. The van der Waals surface area contributed by atoms with E-state index in [2.05, 4.69) is 58.6 Å². The molecule has 0 bridgehead atoms. The monoisotopic (exact) mass is 324 g/mol. The van der Waals surface area contributed by atoms with Crippen LogP contribution in [0.4, 0.5) is 17.8 Å². The first-order valence-corrected chi connectivity index (χ1v) is 8.62. The van der Waals surface area contributed by atoms with Gasteiger partial charge in [-0.3, -0.25) is 0 Å². The van der Waals surface area contributed by atoms with Crippen LogP contribution in [0.5, 0.6) is 0 Å². The van der Waals surface area contributed by atoms with Gasteiger partial charge in [-0.25, -0.2) is 0 Å². The fourth-order valence-corrected chi connectivity index (χ4v) is 1.84. The molecule has 0 amide bonds. The highest BCUT2D eigenvalue weighted by molar-refractivity contribution is 5.43. The van der Waals surface area contributed by atoms with Crippen molar-refractivity contribution < 1.29 is 5.11 Å². The summed E-state index contributed by atoms with van der Waals surface area (Å²) >= 11 is 0. The van der Waals surface area contributed by atoms with Crippen LogP contribution >= 0.6 is 0 Å². The molecule has 7 nitrogen and oxygen atoms in total. The van der Waals surface area contributed by atoms with E-state index in [4.69, 9.17) is 0 Å². The lowest BCUT2D eigenvalue weighted by molar-refractivity contribution is 0.271. The van der Waals surface area contributed by atoms with E-state index in [-0.39, 0.29) is 18.7 Å². The molecule has 1 heterocycles. The van der Waals surface area contributed by atoms with E-state index in [1.165, 1.54) is 0 Å². The van der Waals surface area contributed by atoms with Crippen molar-refractivity contribution in [3.8, 4) is 0 Å². The number of aromatic nitrogens is 3. The molecule has 0 saturated heterocycles. The van der Waals surface area contributed by atoms with E-state index in [0.29, 0.717) is 23.8 Å². The van der Waals surface area contributed by atoms with Crippen molar-refractivity contribution in [2.75, 3.05) is 29.1 Å². The predicted octanol–water partition coefficient (Wildman–Crippen LogP) is 2.72. The number of hydrogen-bond acceptors (Lipinski definition) is 7. The third-order valence-corrected chi connectivity index (χ3v) is 3.67. The highest BCUT2D eigenvalue weighted by atomic mass is 16.3. The quantitative estimate of drug-likeness (QED) is 0.497.